The number of halogens is 1. The molecule has 2 aliphatic heterocycles. The number of hydrogen-bond donors (Lipinski definition) is 2. The summed E-state index contributed by atoms with van der Waals surface area (Å²) >= 11 is 0. The van der Waals surface area contributed by atoms with Crippen LogP contribution in [0.1, 0.15) is 30.7 Å². The number of aliphatic carboxylic acids is 1. The van der Waals surface area contributed by atoms with Gasteiger partial charge >= 0.3 is 5.97 Å². The van der Waals surface area contributed by atoms with Crippen molar-refractivity contribution < 1.29 is 19.0 Å². The van der Waals surface area contributed by atoms with Crippen LogP contribution < -0.4 is 10.2 Å². The average Bonchev–Trinajstić information content (AvgIpc) is 3.03. The van der Waals surface area contributed by atoms with Gasteiger partial charge in [-0.2, -0.15) is 0 Å². The molecule has 6 heteroatoms. The van der Waals surface area contributed by atoms with E-state index in [1.54, 1.807) is 13.2 Å². The minimum Gasteiger partial charge on any atom is -0.481 e. The number of hydrogen-bond acceptors (Lipinski definition) is 4. The predicted molar refractivity (Wildman–Crippen MR) is 90.0 cm³/mol. The molecule has 0 saturated carbocycles. The summed E-state index contributed by atoms with van der Waals surface area (Å²) < 4.78 is 19.1. The van der Waals surface area contributed by atoms with Gasteiger partial charge in [0.05, 0.1) is 12.5 Å². The maximum Gasteiger partial charge on any atom is 0.306 e. The highest BCUT2D eigenvalue weighted by atomic mass is 19.1. The molecule has 0 aliphatic carbocycles. The maximum atomic E-state index is 13.8. The van der Waals surface area contributed by atoms with Crippen LogP contribution in [0.3, 0.4) is 0 Å². The highest BCUT2D eigenvalue weighted by Crippen LogP contribution is 2.35. The zero-order valence-corrected chi connectivity index (χ0v) is 14.0. The van der Waals surface area contributed by atoms with Gasteiger partial charge in [0.2, 0.25) is 0 Å². The quantitative estimate of drug-likeness (QED) is 0.863. The first-order valence-electron chi connectivity index (χ1n) is 8.58. The largest absolute Gasteiger partial charge is 0.481 e. The molecule has 1 aromatic carbocycles. The molecule has 2 atom stereocenters. The second kappa shape index (κ2) is 7.49. The molecule has 24 heavy (non-hydrogen) atoms. The van der Waals surface area contributed by atoms with Crippen LogP contribution in [-0.2, 0) is 9.53 Å². The third-order valence-corrected chi connectivity index (χ3v) is 5.21. The molecule has 5 nitrogen and oxygen atoms in total. The molecular weight excluding hydrogens is 311 g/mol. The first-order valence-corrected chi connectivity index (χ1v) is 8.58. The van der Waals surface area contributed by atoms with Crippen molar-refractivity contribution in [2.24, 2.45) is 5.92 Å². The normalized spacial score (nSPS) is 25.2. The van der Waals surface area contributed by atoms with Gasteiger partial charge in [-0.25, -0.2) is 4.39 Å². The topological polar surface area (TPSA) is 61.8 Å². The lowest BCUT2D eigenvalue weighted by molar-refractivity contribution is -0.142. The molecule has 2 saturated heterocycles. The lowest BCUT2D eigenvalue weighted by Crippen LogP contribution is -2.37. The molecule has 0 aromatic heterocycles. The first-order chi connectivity index (χ1) is 11.6. The fraction of sp³-hybridized carbons (Fsp3) is 0.611. The summed E-state index contributed by atoms with van der Waals surface area (Å²) in [5.41, 5.74) is 2.07. The van der Waals surface area contributed by atoms with Crippen molar-refractivity contribution in [3.05, 3.63) is 29.6 Å². The van der Waals surface area contributed by atoms with Crippen molar-refractivity contribution in [3.8, 4) is 0 Å². The Bertz CT molecular complexity index is 588. The average molecular weight is 336 g/mol. The van der Waals surface area contributed by atoms with Gasteiger partial charge in [0.1, 0.15) is 5.82 Å². The van der Waals surface area contributed by atoms with Gasteiger partial charge in [-0.15, -0.1) is 0 Å². The highest BCUT2D eigenvalue weighted by molar-refractivity contribution is 5.70. The number of ether oxygens (including phenoxy) is 1. The van der Waals surface area contributed by atoms with Crippen molar-refractivity contribution in [1.29, 1.82) is 0 Å². The Balaban J connectivity index is 1.76. The van der Waals surface area contributed by atoms with Crippen LogP contribution in [0.15, 0.2) is 18.2 Å². The van der Waals surface area contributed by atoms with E-state index in [4.69, 9.17) is 9.84 Å². The Hall–Kier alpha value is -1.66. The number of methoxy groups -OCH3 is 1. The zero-order chi connectivity index (χ0) is 17.1. The molecule has 0 amide bonds. The number of benzene rings is 1. The SMILES string of the molecule is COC[C@@H]1C[C@@H](c2ccc(F)cc2N2CCC(C(=O)O)CC2)CN1. The third kappa shape index (κ3) is 3.70. The van der Waals surface area contributed by atoms with Crippen molar-refractivity contribution in [1.82, 2.24) is 5.32 Å². The van der Waals surface area contributed by atoms with E-state index in [1.165, 1.54) is 6.07 Å². The minimum absolute atomic E-state index is 0.242. The Morgan fingerprint density at radius 1 is 1.42 bits per heavy atom. The summed E-state index contributed by atoms with van der Waals surface area (Å²) in [5, 5.41) is 12.6. The van der Waals surface area contributed by atoms with E-state index < -0.39 is 5.97 Å². The fourth-order valence-electron chi connectivity index (χ4n) is 3.89. The third-order valence-electron chi connectivity index (χ3n) is 5.21. The van der Waals surface area contributed by atoms with E-state index in [2.05, 4.69) is 10.2 Å². The second-order valence-corrected chi connectivity index (χ2v) is 6.80. The van der Waals surface area contributed by atoms with Crippen molar-refractivity contribution in [2.75, 3.05) is 38.3 Å². The van der Waals surface area contributed by atoms with E-state index >= 15 is 0 Å². The Kier molecular flexibility index (Phi) is 5.36. The number of carbonyl (C=O) groups is 1. The molecule has 0 unspecified atom stereocenters. The summed E-state index contributed by atoms with van der Waals surface area (Å²) in [7, 11) is 1.70. The number of nitrogens with zero attached hydrogens (tertiary/aromatic N) is 1. The smallest absolute Gasteiger partial charge is 0.306 e. The lowest BCUT2D eigenvalue weighted by Gasteiger charge is -2.34. The lowest BCUT2D eigenvalue weighted by atomic mass is 9.92. The molecular formula is C18H25FN2O3. The number of nitrogens with one attached hydrogen (secondary N) is 1. The van der Waals surface area contributed by atoms with Gasteiger partial charge < -0.3 is 20.1 Å². The molecule has 0 spiro atoms. The highest BCUT2D eigenvalue weighted by Gasteiger charge is 2.30. The van der Waals surface area contributed by atoms with Gasteiger partial charge in [0.15, 0.2) is 0 Å². The maximum absolute atomic E-state index is 13.8. The van der Waals surface area contributed by atoms with Crippen LogP contribution in [0.5, 0.6) is 0 Å². The first kappa shape index (κ1) is 17.2. The van der Waals surface area contributed by atoms with Crippen molar-refractivity contribution >= 4 is 11.7 Å². The summed E-state index contributed by atoms with van der Waals surface area (Å²) in [6, 6.07) is 5.33. The van der Waals surface area contributed by atoms with Crippen LogP contribution in [0.25, 0.3) is 0 Å². The summed E-state index contributed by atoms with van der Waals surface area (Å²) in [5.74, 6) is -0.916. The Morgan fingerprint density at radius 2 is 2.17 bits per heavy atom. The molecule has 2 fully saturated rings. The van der Waals surface area contributed by atoms with Gasteiger partial charge in [0, 0.05) is 38.5 Å². The van der Waals surface area contributed by atoms with Gasteiger partial charge in [0.25, 0.3) is 0 Å². The number of anilines is 1. The van der Waals surface area contributed by atoms with Gasteiger partial charge in [-0.05, 0) is 42.9 Å². The number of rotatable bonds is 5. The van der Waals surface area contributed by atoms with E-state index in [-0.39, 0.29) is 11.7 Å². The van der Waals surface area contributed by atoms with E-state index in [1.807, 2.05) is 6.07 Å². The molecule has 0 bridgehead atoms. The number of piperidine rings is 1. The summed E-state index contributed by atoms with van der Waals surface area (Å²) in [4.78, 5) is 13.3. The molecule has 0 radical (unpaired) electrons. The molecule has 3 rings (SSSR count). The number of carboxylic acid groups (broad SMARTS) is 1. The monoisotopic (exact) mass is 336 g/mol. The molecule has 132 valence electrons. The molecule has 2 heterocycles. The van der Waals surface area contributed by atoms with Gasteiger partial charge in [-0.1, -0.05) is 6.07 Å². The Labute approximate surface area is 141 Å². The molecule has 2 N–H and O–H groups in total. The summed E-state index contributed by atoms with van der Waals surface area (Å²) in [6.07, 6.45) is 2.19. The minimum atomic E-state index is -0.725. The fourth-order valence-corrected chi connectivity index (χ4v) is 3.89. The van der Waals surface area contributed by atoms with E-state index in [0.717, 1.165) is 24.2 Å². The van der Waals surface area contributed by atoms with E-state index in [0.29, 0.717) is 44.5 Å². The molecule has 2 aliphatic rings. The van der Waals surface area contributed by atoms with Crippen LogP contribution in [0, 0.1) is 11.7 Å². The second-order valence-electron chi connectivity index (χ2n) is 6.80. The van der Waals surface area contributed by atoms with E-state index in [9.17, 15) is 9.18 Å². The van der Waals surface area contributed by atoms with Crippen LogP contribution >= 0.6 is 0 Å². The van der Waals surface area contributed by atoms with Gasteiger partial charge in [-0.3, -0.25) is 4.79 Å². The zero-order valence-electron chi connectivity index (χ0n) is 14.0. The van der Waals surface area contributed by atoms with Crippen molar-refractivity contribution in [3.63, 3.8) is 0 Å². The van der Waals surface area contributed by atoms with Crippen LogP contribution in [0.4, 0.5) is 10.1 Å². The molecule has 1 aromatic rings. The van der Waals surface area contributed by atoms with Crippen LogP contribution in [-0.4, -0.2) is 50.5 Å². The predicted octanol–water partition coefficient (Wildman–Crippen LogP) is 2.22. The summed E-state index contributed by atoms with van der Waals surface area (Å²) in [6.45, 7) is 2.86. The standard InChI is InChI=1S/C18H25FN2O3/c1-24-11-15-8-13(10-20-15)16-3-2-14(19)9-17(16)21-6-4-12(5-7-21)18(22)23/h2-3,9,12-13,15,20H,4-8,10-11H2,1H3,(H,22,23)/t13-,15+/m1/s1. The number of carboxylic acids is 1. The Morgan fingerprint density at radius 3 is 2.83 bits per heavy atom. The van der Waals surface area contributed by atoms with Crippen molar-refractivity contribution in [2.45, 2.75) is 31.2 Å². The van der Waals surface area contributed by atoms with Crippen LogP contribution in [0.2, 0.25) is 0 Å².